The van der Waals surface area contributed by atoms with Crippen LogP contribution in [0.2, 0.25) is 0 Å². The number of hydrogen-bond acceptors (Lipinski definition) is 3. The van der Waals surface area contributed by atoms with Gasteiger partial charge in [-0.3, -0.25) is 4.79 Å². The van der Waals surface area contributed by atoms with Crippen LogP contribution >= 0.6 is 11.8 Å². The number of ether oxygens (including phenoxy) is 1. The number of anilines is 1. The first kappa shape index (κ1) is 16.7. The molecule has 1 aliphatic rings. The first-order valence-electron chi connectivity index (χ1n) is 8.66. The Bertz CT molecular complexity index is 911. The van der Waals surface area contributed by atoms with Crippen LogP contribution < -0.4 is 10.1 Å². The molecule has 4 heteroatoms. The zero-order valence-electron chi connectivity index (χ0n) is 14.2. The number of carbonyl (C=O) groups is 1. The Hall–Kier alpha value is -2.72. The van der Waals surface area contributed by atoms with Crippen molar-refractivity contribution < 1.29 is 9.53 Å². The molecule has 0 radical (unpaired) electrons. The molecule has 130 valence electrons. The van der Waals surface area contributed by atoms with Gasteiger partial charge in [-0.05, 0) is 36.8 Å². The first-order valence-corrected chi connectivity index (χ1v) is 9.47. The van der Waals surface area contributed by atoms with Crippen LogP contribution in [0, 0.1) is 0 Å². The number of amides is 1. The van der Waals surface area contributed by atoms with Crippen molar-refractivity contribution in [2.75, 3.05) is 11.9 Å². The number of carbonyl (C=O) groups excluding carboxylic acids is 1. The molecule has 0 saturated carbocycles. The molecular formula is C22H19NO2S. The van der Waals surface area contributed by atoms with Crippen molar-refractivity contribution in [3.05, 3.63) is 84.4 Å². The van der Waals surface area contributed by atoms with E-state index in [9.17, 15) is 4.79 Å². The predicted molar refractivity (Wildman–Crippen MR) is 105 cm³/mol. The molecule has 1 amide bonds. The van der Waals surface area contributed by atoms with E-state index in [1.807, 2.05) is 66.7 Å². The highest BCUT2D eigenvalue weighted by molar-refractivity contribution is 7.99. The van der Waals surface area contributed by atoms with Crippen LogP contribution in [0.4, 0.5) is 5.69 Å². The minimum Gasteiger partial charge on any atom is -0.493 e. The van der Waals surface area contributed by atoms with E-state index in [2.05, 4.69) is 17.4 Å². The fourth-order valence-corrected chi connectivity index (χ4v) is 4.03. The standard InChI is InChI=1S/C22H19NO2S/c24-22(18-14-15-25-20-12-6-4-10-17(18)20)23-19-11-5-7-13-21(19)26-16-8-2-1-3-9-16/h1-13,18H,14-15H2,(H,23,24). The van der Waals surface area contributed by atoms with Gasteiger partial charge >= 0.3 is 0 Å². The topological polar surface area (TPSA) is 38.3 Å². The zero-order chi connectivity index (χ0) is 17.8. The lowest BCUT2D eigenvalue weighted by molar-refractivity contribution is -0.118. The van der Waals surface area contributed by atoms with E-state index in [-0.39, 0.29) is 11.8 Å². The summed E-state index contributed by atoms with van der Waals surface area (Å²) >= 11 is 1.65. The Kier molecular flexibility index (Phi) is 4.93. The average Bonchev–Trinajstić information content (AvgIpc) is 2.70. The molecule has 0 fully saturated rings. The number of nitrogens with one attached hydrogen (secondary N) is 1. The molecule has 3 aromatic carbocycles. The smallest absolute Gasteiger partial charge is 0.232 e. The third-order valence-electron chi connectivity index (χ3n) is 4.39. The average molecular weight is 361 g/mol. The summed E-state index contributed by atoms with van der Waals surface area (Å²) in [5.74, 6) is 0.641. The minimum atomic E-state index is -0.185. The molecule has 1 N–H and O–H groups in total. The van der Waals surface area contributed by atoms with Gasteiger partial charge < -0.3 is 10.1 Å². The monoisotopic (exact) mass is 361 g/mol. The number of hydrogen-bond donors (Lipinski definition) is 1. The SMILES string of the molecule is O=C(Nc1ccccc1Sc1ccccc1)C1CCOc2ccccc21. The normalized spacial score (nSPS) is 15.6. The summed E-state index contributed by atoms with van der Waals surface area (Å²) in [6.45, 7) is 0.565. The van der Waals surface area contributed by atoms with E-state index in [1.165, 1.54) is 0 Å². The van der Waals surface area contributed by atoms with Crippen LogP contribution in [-0.2, 0) is 4.79 Å². The molecule has 0 bridgehead atoms. The van der Waals surface area contributed by atoms with Crippen molar-refractivity contribution in [2.45, 2.75) is 22.1 Å². The van der Waals surface area contributed by atoms with Crippen LogP contribution in [0.15, 0.2) is 88.7 Å². The van der Waals surface area contributed by atoms with Crippen LogP contribution in [-0.4, -0.2) is 12.5 Å². The molecule has 1 aliphatic heterocycles. The van der Waals surface area contributed by atoms with Crippen molar-refractivity contribution in [3.8, 4) is 5.75 Å². The first-order chi connectivity index (χ1) is 12.8. The van der Waals surface area contributed by atoms with E-state index >= 15 is 0 Å². The maximum absolute atomic E-state index is 13.0. The second-order valence-electron chi connectivity index (χ2n) is 6.13. The van der Waals surface area contributed by atoms with Gasteiger partial charge in [0.25, 0.3) is 0 Å². The second kappa shape index (κ2) is 7.67. The fraction of sp³-hybridized carbons (Fsp3) is 0.136. The summed E-state index contributed by atoms with van der Waals surface area (Å²) in [4.78, 5) is 15.1. The summed E-state index contributed by atoms with van der Waals surface area (Å²) in [5, 5.41) is 3.13. The summed E-state index contributed by atoms with van der Waals surface area (Å²) < 4.78 is 5.67. The summed E-state index contributed by atoms with van der Waals surface area (Å²) in [6, 6.07) is 25.9. The third kappa shape index (κ3) is 3.60. The van der Waals surface area contributed by atoms with Gasteiger partial charge in [0.1, 0.15) is 5.75 Å². The van der Waals surface area contributed by atoms with Crippen LogP contribution in [0.5, 0.6) is 5.75 Å². The molecule has 4 rings (SSSR count). The summed E-state index contributed by atoms with van der Waals surface area (Å²) in [5.41, 5.74) is 1.81. The lowest BCUT2D eigenvalue weighted by Gasteiger charge is -2.25. The summed E-state index contributed by atoms with van der Waals surface area (Å²) in [7, 11) is 0. The number of fused-ring (bicyclic) bond motifs is 1. The van der Waals surface area contributed by atoms with Crippen LogP contribution in [0.1, 0.15) is 17.9 Å². The molecule has 1 heterocycles. The minimum absolute atomic E-state index is 0.0156. The molecule has 3 aromatic rings. The van der Waals surface area contributed by atoms with Crippen LogP contribution in [0.25, 0.3) is 0 Å². The van der Waals surface area contributed by atoms with Gasteiger partial charge in [-0.1, -0.05) is 60.3 Å². The maximum Gasteiger partial charge on any atom is 0.232 e. The molecule has 0 spiro atoms. The Balaban J connectivity index is 1.56. The fourth-order valence-electron chi connectivity index (χ4n) is 3.11. The van der Waals surface area contributed by atoms with Gasteiger partial charge in [-0.15, -0.1) is 0 Å². The van der Waals surface area contributed by atoms with Gasteiger partial charge in [0.05, 0.1) is 18.2 Å². The van der Waals surface area contributed by atoms with Crippen molar-refractivity contribution in [1.82, 2.24) is 0 Å². The number of para-hydroxylation sites is 2. The Morgan fingerprint density at radius 2 is 1.65 bits per heavy atom. The van der Waals surface area contributed by atoms with Gasteiger partial charge in [0.2, 0.25) is 5.91 Å². The summed E-state index contributed by atoms with van der Waals surface area (Å²) in [6.07, 6.45) is 0.691. The van der Waals surface area contributed by atoms with E-state index in [4.69, 9.17) is 4.74 Å². The van der Waals surface area contributed by atoms with Gasteiger partial charge in [0, 0.05) is 15.4 Å². The van der Waals surface area contributed by atoms with Crippen molar-refractivity contribution in [3.63, 3.8) is 0 Å². The molecule has 1 atom stereocenters. The number of benzene rings is 3. The zero-order valence-corrected chi connectivity index (χ0v) is 15.0. The number of rotatable bonds is 4. The lowest BCUT2D eigenvalue weighted by atomic mass is 9.92. The molecule has 3 nitrogen and oxygen atoms in total. The van der Waals surface area contributed by atoms with E-state index in [0.717, 1.165) is 26.8 Å². The maximum atomic E-state index is 13.0. The molecule has 0 saturated heterocycles. The van der Waals surface area contributed by atoms with E-state index < -0.39 is 0 Å². The van der Waals surface area contributed by atoms with Crippen molar-refractivity contribution in [1.29, 1.82) is 0 Å². The molecule has 26 heavy (non-hydrogen) atoms. The highest BCUT2D eigenvalue weighted by atomic mass is 32.2. The van der Waals surface area contributed by atoms with Gasteiger partial charge in [-0.25, -0.2) is 0 Å². The lowest BCUT2D eigenvalue weighted by Crippen LogP contribution is -2.26. The van der Waals surface area contributed by atoms with Crippen molar-refractivity contribution >= 4 is 23.4 Å². The predicted octanol–water partition coefficient (Wildman–Crippen LogP) is 5.34. The van der Waals surface area contributed by atoms with Crippen molar-refractivity contribution in [2.24, 2.45) is 0 Å². The molecule has 0 aliphatic carbocycles. The Labute approximate surface area is 157 Å². The van der Waals surface area contributed by atoms with Gasteiger partial charge in [-0.2, -0.15) is 0 Å². The molecule has 0 aromatic heterocycles. The molecule has 1 unspecified atom stereocenters. The Morgan fingerprint density at radius 3 is 2.54 bits per heavy atom. The largest absolute Gasteiger partial charge is 0.493 e. The third-order valence-corrected chi connectivity index (χ3v) is 5.47. The van der Waals surface area contributed by atoms with E-state index in [1.54, 1.807) is 11.8 Å². The van der Waals surface area contributed by atoms with E-state index in [0.29, 0.717) is 13.0 Å². The quantitative estimate of drug-likeness (QED) is 0.681. The molecular weight excluding hydrogens is 342 g/mol. The second-order valence-corrected chi connectivity index (χ2v) is 7.24. The van der Waals surface area contributed by atoms with Crippen LogP contribution in [0.3, 0.4) is 0 Å². The Morgan fingerprint density at radius 1 is 0.923 bits per heavy atom. The highest BCUT2D eigenvalue weighted by Crippen LogP contribution is 2.36. The van der Waals surface area contributed by atoms with Gasteiger partial charge in [0.15, 0.2) is 0 Å². The highest BCUT2D eigenvalue weighted by Gasteiger charge is 2.27.